The number of ether oxygens (including phenoxy) is 1. The maximum atomic E-state index is 12.2. The second-order valence-electron chi connectivity index (χ2n) is 8.34. The molecule has 1 unspecified atom stereocenters. The lowest BCUT2D eigenvalue weighted by atomic mass is 9.68. The van der Waals surface area contributed by atoms with Gasteiger partial charge in [-0.2, -0.15) is 5.26 Å². The number of benzene rings is 1. The van der Waals surface area contributed by atoms with E-state index in [4.69, 9.17) is 16.3 Å². The first-order valence-corrected chi connectivity index (χ1v) is 10.4. The average molecular weight is 421 g/mol. The van der Waals surface area contributed by atoms with Gasteiger partial charge in [0.25, 0.3) is 0 Å². The molecule has 5 nitrogen and oxygen atoms in total. The number of rotatable bonds is 2. The van der Waals surface area contributed by atoms with Gasteiger partial charge in [-0.25, -0.2) is 0 Å². The van der Waals surface area contributed by atoms with E-state index in [0.29, 0.717) is 27.6 Å². The molecule has 5 rings (SSSR count). The Morgan fingerprint density at radius 2 is 2.03 bits per heavy atom. The number of nitriles is 1. The van der Waals surface area contributed by atoms with Gasteiger partial charge < -0.3 is 14.9 Å². The van der Waals surface area contributed by atoms with Crippen LogP contribution in [-0.2, 0) is 11.2 Å². The zero-order valence-electron chi connectivity index (χ0n) is 16.4. The first-order valence-electron chi connectivity index (χ1n) is 10.0. The summed E-state index contributed by atoms with van der Waals surface area (Å²) in [5.74, 6) is -0.0771. The lowest BCUT2D eigenvalue weighted by Gasteiger charge is -2.42. The maximum absolute atomic E-state index is 12.2. The highest BCUT2D eigenvalue weighted by Gasteiger charge is 2.76. The molecule has 2 aromatic rings. The summed E-state index contributed by atoms with van der Waals surface area (Å²) in [7, 11) is 0. The van der Waals surface area contributed by atoms with E-state index in [9.17, 15) is 15.5 Å². The Hall–Kier alpha value is -2.65. The van der Waals surface area contributed by atoms with Crippen LogP contribution in [0.15, 0.2) is 60.8 Å². The minimum absolute atomic E-state index is 0.0501. The van der Waals surface area contributed by atoms with E-state index in [0.717, 1.165) is 6.42 Å². The Labute approximate surface area is 179 Å². The van der Waals surface area contributed by atoms with E-state index >= 15 is 0 Å². The lowest BCUT2D eigenvalue weighted by molar-refractivity contribution is -0.161. The normalized spacial score (nSPS) is 36.1. The summed E-state index contributed by atoms with van der Waals surface area (Å²) in [5, 5.41) is 33.2. The van der Waals surface area contributed by atoms with Crippen molar-refractivity contribution in [3.63, 3.8) is 0 Å². The smallest absolute Gasteiger partial charge is 0.180 e. The number of allylic oxidation sites excluding steroid dienone is 4. The predicted molar refractivity (Wildman–Crippen MR) is 112 cm³/mol. The monoisotopic (exact) mass is 420 g/mol. The van der Waals surface area contributed by atoms with Crippen LogP contribution in [0.25, 0.3) is 0 Å². The van der Waals surface area contributed by atoms with Crippen LogP contribution in [0, 0.1) is 29.1 Å². The molecule has 2 N–H and O–H groups in total. The highest BCUT2D eigenvalue weighted by Crippen LogP contribution is 2.67. The van der Waals surface area contributed by atoms with Crippen molar-refractivity contribution < 1.29 is 14.9 Å². The van der Waals surface area contributed by atoms with Gasteiger partial charge in [0, 0.05) is 18.2 Å². The van der Waals surface area contributed by atoms with Crippen molar-refractivity contribution >= 4 is 11.6 Å². The number of hydrogen-bond donors (Lipinski definition) is 2. The fourth-order valence-electron chi connectivity index (χ4n) is 5.66. The molecule has 152 valence electrons. The summed E-state index contributed by atoms with van der Waals surface area (Å²) in [5.41, 5.74) is -1.50. The van der Waals surface area contributed by atoms with Gasteiger partial charge in [-0.05, 0) is 36.0 Å². The number of nitrogens with zero attached hydrogens (tertiary/aromatic N) is 2. The molecule has 2 heterocycles. The van der Waals surface area contributed by atoms with Gasteiger partial charge in [0.1, 0.15) is 11.4 Å². The summed E-state index contributed by atoms with van der Waals surface area (Å²) in [6.07, 6.45) is 9.34. The van der Waals surface area contributed by atoms with Crippen LogP contribution in [0.1, 0.15) is 30.2 Å². The van der Waals surface area contributed by atoms with Crippen LogP contribution in [-0.4, -0.2) is 21.3 Å². The van der Waals surface area contributed by atoms with E-state index < -0.39 is 17.3 Å². The Balaban J connectivity index is 1.78. The van der Waals surface area contributed by atoms with Crippen LogP contribution in [0.4, 0.5) is 0 Å². The molecule has 0 radical (unpaired) electrons. The number of aromatic nitrogens is 1. The van der Waals surface area contributed by atoms with E-state index in [2.05, 4.69) is 23.2 Å². The number of fused-ring (bicyclic) bond motifs is 3. The van der Waals surface area contributed by atoms with Gasteiger partial charge in [-0.3, -0.25) is 4.98 Å². The van der Waals surface area contributed by atoms with Crippen molar-refractivity contribution in [1.29, 1.82) is 5.26 Å². The Bertz CT molecular complexity index is 1110. The van der Waals surface area contributed by atoms with Crippen LogP contribution in [0.5, 0.6) is 5.75 Å². The fraction of sp³-hybridized carbons (Fsp3) is 0.333. The molecular formula is C24H21ClN2O3. The molecule has 0 bridgehead atoms. The molecule has 0 saturated heterocycles. The Morgan fingerprint density at radius 1 is 1.27 bits per heavy atom. The summed E-state index contributed by atoms with van der Waals surface area (Å²) >= 11 is 6.16. The topological polar surface area (TPSA) is 86.4 Å². The van der Waals surface area contributed by atoms with Crippen molar-refractivity contribution in [2.24, 2.45) is 17.8 Å². The minimum atomic E-state index is -1.75. The highest BCUT2D eigenvalue weighted by molar-refractivity contribution is 6.30. The van der Waals surface area contributed by atoms with Crippen molar-refractivity contribution in [3.8, 4) is 11.8 Å². The Kier molecular flexibility index (Phi) is 4.30. The van der Waals surface area contributed by atoms with Crippen LogP contribution in [0.2, 0.25) is 5.02 Å². The van der Waals surface area contributed by atoms with E-state index in [1.54, 1.807) is 30.3 Å². The molecule has 1 aromatic carbocycles. The second-order valence-corrected chi connectivity index (χ2v) is 8.77. The van der Waals surface area contributed by atoms with Gasteiger partial charge >= 0.3 is 0 Å². The van der Waals surface area contributed by atoms with E-state index in [1.165, 1.54) is 6.20 Å². The maximum Gasteiger partial charge on any atom is 0.180 e. The number of aliphatic hydroxyl groups is 2. The van der Waals surface area contributed by atoms with E-state index in [-0.39, 0.29) is 17.8 Å². The van der Waals surface area contributed by atoms with Crippen LogP contribution >= 0.6 is 11.6 Å². The molecule has 1 saturated carbocycles. The van der Waals surface area contributed by atoms with Gasteiger partial charge in [0.05, 0.1) is 22.8 Å². The molecule has 0 amide bonds. The van der Waals surface area contributed by atoms with Gasteiger partial charge in [-0.1, -0.05) is 55.0 Å². The highest BCUT2D eigenvalue weighted by atomic mass is 35.5. The van der Waals surface area contributed by atoms with Crippen LogP contribution in [0.3, 0.4) is 0 Å². The third-order valence-corrected chi connectivity index (χ3v) is 7.10. The molecule has 0 spiro atoms. The van der Waals surface area contributed by atoms with E-state index in [1.807, 2.05) is 19.1 Å². The average Bonchev–Trinajstić information content (AvgIpc) is 3.12. The lowest BCUT2D eigenvalue weighted by Crippen LogP contribution is -2.53. The van der Waals surface area contributed by atoms with Crippen molar-refractivity contribution in [1.82, 2.24) is 4.98 Å². The standard InChI is InChI=1S/C24H21ClN2O3/c1-14-20(16-5-3-2-4-6-16)24(17-9-7-15(12-26)8-10-17)23(29,22(14)28)21-19(30-24)11-18(25)13-27-21/h2-5,7-11,13-14,16,20,22,28-29H,6H2,1H3/t14-,16?,20+,22-,23+,24+/m1/s1. The number of halogens is 1. The van der Waals surface area contributed by atoms with Gasteiger partial charge in [0.2, 0.25) is 0 Å². The zero-order valence-corrected chi connectivity index (χ0v) is 17.1. The predicted octanol–water partition coefficient (Wildman–Crippen LogP) is 3.84. The molecule has 2 aliphatic carbocycles. The minimum Gasteiger partial charge on any atom is -0.477 e. The molecule has 6 atom stereocenters. The van der Waals surface area contributed by atoms with Gasteiger partial charge in [-0.15, -0.1) is 0 Å². The molecule has 6 heteroatoms. The van der Waals surface area contributed by atoms with Crippen molar-refractivity contribution in [3.05, 3.63) is 82.7 Å². The third kappa shape index (κ3) is 2.33. The number of pyridine rings is 1. The van der Waals surface area contributed by atoms with Crippen LogP contribution < -0.4 is 4.74 Å². The zero-order chi connectivity index (χ0) is 21.1. The summed E-state index contributed by atoms with van der Waals surface area (Å²) in [6.45, 7) is 1.95. The SMILES string of the molecule is C[C@H]1[C@@H](O)[C@@]2(O)c3ncc(Cl)cc3O[C@@]2(c2ccc(C#N)cc2)[C@@H]1C1C=CC=CC1. The summed E-state index contributed by atoms with van der Waals surface area (Å²) in [4.78, 5) is 4.39. The molecular weight excluding hydrogens is 400 g/mol. The molecule has 1 fully saturated rings. The molecule has 30 heavy (non-hydrogen) atoms. The first kappa shape index (κ1) is 19.3. The van der Waals surface area contributed by atoms with Crippen molar-refractivity contribution in [2.45, 2.75) is 30.7 Å². The fourth-order valence-corrected chi connectivity index (χ4v) is 5.81. The Morgan fingerprint density at radius 3 is 2.70 bits per heavy atom. The number of aliphatic hydroxyl groups excluding tert-OH is 1. The largest absolute Gasteiger partial charge is 0.477 e. The van der Waals surface area contributed by atoms with Crippen molar-refractivity contribution in [2.75, 3.05) is 0 Å². The molecule has 1 aromatic heterocycles. The summed E-state index contributed by atoms with van der Waals surface area (Å²) < 4.78 is 6.57. The third-order valence-electron chi connectivity index (χ3n) is 6.90. The second kappa shape index (κ2) is 6.68. The number of hydrogen-bond acceptors (Lipinski definition) is 5. The summed E-state index contributed by atoms with van der Waals surface area (Å²) in [6, 6.07) is 10.8. The molecule has 1 aliphatic heterocycles. The quantitative estimate of drug-likeness (QED) is 0.770. The van der Waals surface area contributed by atoms with Gasteiger partial charge in [0.15, 0.2) is 11.2 Å². The molecule has 3 aliphatic rings. The first-order chi connectivity index (χ1) is 14.4.